The topological polar surface area (TPSA) is 63.6 Å². The van der Waals surface area contributed by atoms with Crippen molar-refractivity contribution in [2.45, 2.75) is 73.1 Å². The number of ether oxygens (including phenoxy) is 1. The summed E-state index contributed by atoms with van der Waals surface area (Å²) in [4.78, 5) is 24.2. The van der Waals surface area contributed by atoms with Crippen LogP contribution in [0.1, 0.15) is 73.1 Å². The van der Waals surface area contributed by atoms with Gasteiger partial charge in [-0.25, -0.2) is 0 Å². The van der Waals surface area contributed by atoms with Gasteiger partial charge in [-0.3, -0.25) is 9.59 Å². The Balaban J connectivity index is 2.27. The van der Waals surface area contributed by atoms with E-state index in [-0.39, 0.29) is 35.2 Å². The van der Waals surface area contributed by atoms with Gasteiger partial charge in [-0.2, -0.15) is 0 Å². The van der Waals surface area contributed by atoms with Crippen LogP contribution in [0.3, 0.4) is 0 Å². The van der Waals surface area contributed by atoms with Gasteiger partial charge in [-0.15, -0.1) is 0 Å². The molecule has 2 aliphatic rings. The van der Waals surface area contributed by atoms with Crippen molar-refractivity contribution >= 4 is 11.8 Å². The Labute approximate surface area is 158 Å². The van der Waals surface area contributed by atoms with Crippen molar-refractivity contribution in [3.05, 3.63) is 11.6 Å². The number of ketones is 1. The van der Waals surface area contributed by atoms with Crippen LogP contribution in [0.4, 0.5) is 0 Å². The van der Waals surface area contributed by atoms with Crippen LogP contribution < -0.4 is 0 Å². The van der Waals surface area contributed by atoms with Crippen LogP contribution in [0, 0.1) is 28.6 Å². The van der Waals surface area contributed by atoms with E-state index in [2.05, 4.69) is 27.7 Å². The van der Waals surface area contributed by atoms with Crippen molar-refractivity contribution in [2.24, 2.45) is 28.6 Å². The number of fused-ring (bicyclic) bond motifs is 1. The predicted octanol–water partition coefficient (Wildman–Crippen LogP) is 4.31. The summed E-state index contributed by atoms with van der Waals surface area (Å²) in [6, 6.07) is 0. The van der Waals surface area contributed by atoms with E-state index in [1.165, 1.54) is 12.5 Å². The average molecular weight is 365 g/mol. The molecule has 5 unspecified atom stereocenters. The van der Waals surface area contributed by atoms with Gasteiger partial charge in [-0.1, -0.05) is 38.8 Å². The van der Waals surface area contributed by atoms with E-state index in [0.717, 1.165) is 32.1 Å². The van der Waals surface area contributed by atoms with E-state index >= 15 is 0 Å². The first kappa shape index (κ1) is 21.1. The van der Waals surface area contributed by atoms with Gasteiger partial charge in [0.25, 0.3) is 0 Å². The highest BCUT2D eigenvalue weighted by atomic mass is 16.5. The summed E-state index contributed by atoms with van der Waals surface area (Å²) in [6.45, 7) is 10.7. The molecule has 0 amide bonds. The summed E-state index contributed by atoms with van der Waals surface area (Å²) in [6.07, 6.45) is 7.64. The smallest absolute Gasteiger partial charge is 0.302 e. The minimum absolute atomic E-state index is 0.0747. The second-order valence-electron chi connectivity index (χ2n) is 9.18. The molecule has 5 atom stereocenters. The van der Waals surface area contributed by atoms with Crippen molar-refractivity contribution < 1.29 is 19.4 Å². The van der Waals surface area contributed by atoms with Gasteiger partial charge in [-0.05, 0) is 49.9 Å². The summed E-state index contributed by atoms with van der Waals surface area (Å²) in [5, 5.41) is 9.11. The van der Waals surface area contributed by atoms with Crippen molar-refractivity contribution in [2.75, 3.05) is 13.2 Å². The molecular weight excluding hydrogens is 328 g/mol. The molecule has 0 heterocycles. The molecule has 0 radical (unpaired) electrons. The van der Waals surface area contributed by atoms with Crippen molar-refractivity contribution in [1.29, 1.82) is 0 Å². The fourth-order valence-electron chi connectivity index (χ4n) is 5.78. The number of carbonyl (C=O) groups excluding carboxylic acids is 2. The zero-order valence-electron chi connectivity index (χ0n) is 17.1. The molecule has 2 saturated carbocycles. The number of esters is 1. The number of rotatable bonds is 6. The van der Waals surface area contributed by atoms with Crippen LogP contribution in [0.15, 0.2) is 11.6 Å². The Morgan fingerprint density at radius 1 is 1.31 bits per heavy atom. The highest BCUT2D eigenvalue weighted by Crippen LogP contribution is 2.61. The molecular formula is C22H36O4. The lowest BCUT2D eigenvalue weighted by atomic mass is 9.45. The molecule has 148 valence electrons. The molecule has 4 heteroatoms. The first-order chi connectivity index (χ1) is 12.1. The van der Waals surface area contributed by atoms with E-state index in [1.54, 1.807) is 0 Å². The van der Waals surface area contributed by atoms with E-state index in [4.69, 9.17) is 9.84 Å². The monoisotopic (exact) mass is 364 g/mol. The number of aliphatic hydroxyl groups excluding tert-OH is 1. The maximum absolute atomic E-state index is 12.8. The Hall–Kier alpha value is -1.16. The maximum atomic E-state index is 12.8. The average Bonchev–Trinajstić information content (AvgIpc) is 2.56. The fourth-order valence-corrected chi connectivity index (χ4v) is 5.78. The third kappa shape index (κ3) is 4.21. The van der Waals surface area contributed by atoms with Crippen LogP contribution in [-0.4, -0.2) is 30.1 Å². The van der Waals surface area contributed by atoms with Gasteiger partial charge in [0.2, 0.25) is 0 Å². The van der Waals surface area contributed by atoms with Gasteiger partial charge in [0.05, 0.1) is 13.2 Å². The summed E-state index contributed by atoms with van der Waals surface area (Å²) < 4.78 is 5.42. The lowest BCUT2D eigenvalue weighted by Gasteiger charge is -2.59. The zero-order chi connectivity index (χ0) is 19.5. The molecule has 0 aromatic heterocycles. The summed E-state index contributed by atoms with van der Waals surface area (Å²) in [5.74, 6) is 0.800. The van der Waals surface area contributed by atoms with Gasteiger partial charge in [0.1, 0.15) is 5.78 Å². The van der Waals surface area contributed by atoms with E-state index in [0.29, 0.717) is 24.7 Å². The quantitative estimate of drug-likeness (QED) is 0.563. The zero-order valence-corrected chi connectivity index (χ0v) is 17.1. The molecule has 0 spiro atoms. The number of aliphatic hydroxyl groups is 1. The SMILES string of the molecule is CC(=O)OCC1(C)CCCC2(C)C(CCC(C)=CCO)C(C)C(=O)CC12. The van der Waals surface area contributed by atoms with E-state index in [9.17, 15) is 9.59 Å². The lowest BCUT2D eigenvalue weighted by molar-refractivity contribution is -0.163. The van der Waals surface area contributed by atoms with E-state index < -0.39 is 0 Å². The van der Waals surface area contributed by atoms with E-state index in [1.807, 2.05) is 6.08 Å². The molecule has 1 N–H and O–H groups in total. The third-order valence-corrected chi connectivity index (χ3v) is 7.36. The largest absolute Gasteiger partial charge is 0.465 e. The first-order valence-electron chi connectivity index (χ1n) is 10.1. The van der Waals surface area contributed by atoms with Crippen LogP contribution in [-0.2, 0) is 14.3 Å². The fraction of sp³-hybridized carbons (Fsp3) is 0.818. The molecule has 2 fully saturated rings. The third-order valence-electron chi connectivity index (χ3n) is 7.36. The van der Waals surface area contributed by atoms with Gasteiger partial charge >= 0.3 is 5.97 Å². The van der Waals surface area contributed by atoms with Crippen molar-refractivity contribution in [3.63, 3.8) is 0 Å². The minimum Gasteiger partial charge on any atom is -0.465 e. The second kappa shape index (κ2) is 8.24. The standard InChI is InChI=1S/C22H36O4/c1-15(9-12-23)7-8-18-16(2)19(25)13-20-21(4,14-26-17(3)24)10-6-11-22(18,20)5/h9,16,18,20,23H,6-8,10-14H2,1-5H3. The molecule has 2 aliphatic carbocycles. The normalized spacial score (nSPS) is 38.0. The number of hydrogen-bond acceptors (Lipinski definition) is 4. The molecule has 0 saturated heterocycles. The second-order valence-corrected chi connectivity index (χ2v) is 9.18. The number of hydrogen-bond donors (Lipinski definition) is 1. The van der Waals surface area contributed by atoms with Crippen LogP contribution in [0.5, 0.6) is 0 Å². The molecule has 0 aromatic carbocycles. The van der Waals surface area contributed by atoms with Crippen LogP contribution >= 0.6 is 0 Å². The summed E-state index contributed by atoms with van der Waals surface area (Å²) in [5.41, 5.74) is 1.17. The van der Waals surface area contributed by atoms with Gasteiger partial charge < -0.3 is 9.84 Å². The molecule has 0 bridgehead atoms. The lowest BCUT2D eigenvalue weighted by Crippen LogP contribution is -2.56. The number of Topliss-reactive ketones (excluding diaryl/α,β-unsaturated/α-hetero) is 1. The Morgan fingerprint density at radius 3 is 2.62 bits per heavy atom. The predicted molar refractivity (Wildman–Crippen MR) is 103 cm³/mol. The number of carbonyl (C=O) groups is 2. The van der Waals surface area contributed by atoms with Crippen molar-refractivity contribution in [1.82, 2.24) is 0 Å². The first-order valence-corrected chi connectivity index (χ1v) is 10.1. The molecule has 26 heavy (non-hydrogen) atoms. The highest BCUT2D eigenvalue weighted by molar-refractivity contribution is 5.82. The number of allylic oxidation sites excluding steroid dienone is 1. The highest BCUT2D eigenvalue weighted by Gasteiger charge is 2.57. The molecule has 4 nitrogen and oxygen atoms in total. The molecule has 0 aromatic rings. The summed E-state index contributed by atoms with van der Waals surface area (Å²) in [7, 11) is 0. The Morgan fingerprint density at radius 2 is 2.00 bits per heavy atom. The van der Waals surface area contributed by atoms with Crippen molar-refractivity contribution in [3.8, 4) is 0 Å². The minimum atomic E-state index is -0.240. The molecule has 0 aliphatic heterocycles. The maximum Gasteiger partial charge on any atom is 0.302 e. The Bertz CT molecular complexity index is 566. The van der Waals surface area contributed by atoms with Gasteiger partial charge in [0, 0.05) is 24.7 Å². The van der Waals surface area contributed by atoms with Gasteiger partial charge in [0.15, 0.2) is 0 Å². The Kier molecular flexibility index (Phi) is 6.70. The summed E-state index contributed by atoms with van der Waals surface area (Å²) >= 11 is 0. The van der Waals surface area contributed by atoms with Crippen LogP contribution in [0.2, 0.25) is 0 Å². The van der Waals surface area contributed by atoms with Crippen LogP contribution in [0.25, 0.3) is 0 Å². The molecule has 2 rings (SSSR count).